The Morgan fingerprint density at radius 2 is 1.62 bits per heavy atom. The monoisotopic (exact) mass is 246 g/mol. The number of rotatable bonds is 1. The highest BCUT2D eigenvalue weighted by Gasteiger charge is 2.29. The lowest BCUT2D eigenvalue weighted by Gasteiger charge is -1.99. The lowest BCUT2D eigenvalue weighted by Crippen LogP contribution is -2.16. The van der Waals surface area contributed by atoms with Crippen molar-refractivity contribution < 1.29 is 14.7 Å². The van der Waals surface area contributed by atoms with Gasteiger partial charge in [-0.15, -0.1) is 0 Å². The molecule has 0 radical (unpaired) electrons. The summed E-state index contributed by atoms with van der Waals surface area (Å²) in [6, 6.07) is 0. The van der Waals surface area contributed by atoms with Crippen molar-refractivity contribution in [3.05, 3.63) is 11.6 Å². The molecule has 0 aliphatic rings. The molecule has 0 fully saturated rings. The van der Waals surface area contributed by atoms with Crippen molar-refractivity contribution in [3.8, 4) is 0 Å². The first kappa shape index (κ1) is 15.2. The molecule has 3 nitrogen and oxygen atoms in total. The van der Waals surface area contributed by atoms with E-state index >= 15 is 0 Å². The number of carboxylic acid groups (broad SMARTS) is 1. The molecule has 0 aliphatic heterocycles. The second-order valence-electron chi connectivity index (χ2n) is 2.18. The zero-order valence-electron chi connectivity index (χ0n) is 7.05. The Balaban J connectivity index is 0. The first-order valence-corrected chi connectivity index (χ1v) is 4.24. The van der Waals surface area contributed by atoms with Crippen LogP contribution in [-0.2, 0) is 9.59 Å². The summed E-state index contributed by atoms with van der Waals surface area (Å²) < 4.78 is -2.17. The zero-order valence-corrected chi connectivity index (χ0v) is 9.32. The summed E-state index contributed by atoms with van der Waals surface area (Å²) in [7, 11) is 0. The molecule has 0 atom stereocenters. The average Bonchev–Trinajstić information content (AvgIpc) is 1.85. The third kappa shape index (κ3) is 14.6. The van der Waals surface area contributed by atoms with Crippen LogP contribution in [-0.4, -0.2) is 21.2 Å². The standard InChI is InChI=1S/C5H8O.C2HCl3O2/c1-5(2)3-4-6;3-2(4,5)1(6)7/h3-4H,1-2H3;(H,6,7). The van der Waals surface area contributed by atoms with Crippen molar-refractivity contribution >= 4 is 47.1 Å². The van der Waals surface area contributed by atoms with E-state index in [2.05, 4.69) is 0 Å². The summed E-state index contributed by atoms with van der Waals surface area (Å²) >= 11 is 14.4. The number of aldehydes is 1. The number of carbonyl (C=O) groups excluding carboxylic acids is 1. The quantitative estimate of drug-likeness (QED) is 0.440. The van der Waals surface area contributed by atoms with E-state index in [1.165, 1.54) is 6.08 Å². The van der Waals surface area contributed by atoms with Gasteiger partial charge in [-0.3, -0.25) is 4.79 Å². The Morgan fingerprint density at radius 3 is 1.62 bits per heavy atom. The highest BCUT2D eigenvalue weighted by Crippen LogP contribution is 2.25. The van der Waals surface area contributed by atoms with E-state index in [0.29, 0.717) is 0 Å². The summed E-state index contributed by atoms with van der Waals surface area (Å²) in [5.41, 5.74) is 1.05. The number of aliphatic carboxylic acids is 1. The van der Waals surface area contributed by atoms with Crippen LogP contribution >= 0.6 is 34.8 Å². The van der Waals surface area contributed by atoms with Crippen molar-refractivity contribution in [2.45, 2.75) is 17.6 Å². The van der Waals surface area contributed by atoms with Crippen LogP contribution in [0, 0.1) is 0 Å². The Morgan fingerprint density at radius 1 is 1.31 bits per heavy atom. The van der Waals surface area contributed by atoms with Crippen LogP contribution in [0.4, 0.5) is 0 Å². The largest absolute Gasteiger partial charge is 0.478 e. The fourth-order valence-electron chi connectivity index (χ4n) is 0.136. The predicted octanol–water partition coefficient (Wildman–Crippen LogP) is 2.59. The molecule has 1 N–H and O–H groups in total. The maximum Gasteiger partial charge on any atom is 0.356 e. The van der Waals surface area contributed by atoms with Crippen molar-refractivity contribution in [3.63, 3.8) is 0 Å². The predicted molar refractivity (Wildman–Crippen MR) is 53.4 cm³/mol. The molecule has 0 saturated heterocycles. The minimum absolute atomic E-state index is 0.787. The van der Waals surface area contributed by atoms with Gasteiger partial charge in [0.25, 0.3) is 3.79 Å². The Hall–Kier alpha value is -0.250. The lowest BCUT2D eigenvalue weighted by atomic mass is 10.3. The van der Waals surface area contributed by atoms with E-state index in [9.17, 15) is 9.59 Å². The third-order valence-corrected chi connectivity index (χ3v) is 1.13. The van der Waals surface area contributed by atoms with Crippen LogP contribution in [0.1, 0.15) is 13.8 Å². The van der Waals surface area contributed by atoms with E-state index in [-0.39, 0.29) is 0 Å². The molecule has 0 saturated carbocycles. The maximum atomic E-state index is 9.62. The lowest BCUT2D eigenvalue weighted by molar-refractivity contribution is -0.135. The van der Waals surface area contributed by atoms with Gasteiger partial charge in [-0.2, -0.15) is 0 Å². The number of allylic oxidation sites excluding steroid dienone is 2. The smallest absolute Gasteiger partial charge is 0.356 e. The molecule has 6 heteroatoms. The zero-order chi connectivity index (χ0) is 11.1. The highest BCUT2D eigenvalue weighted by atomic mass is 35.6. The van der Waals surface area contributed by atoms with Gasteiger partial charge in [-0.1, -0.05) is 40.4 Å². The van der Waals surface area contributed by atoms with Crippen LogP contribution in [0.5, 0.6) is 0 Å². The van der Waals surface area contributed by atoms with Crippen LogP contribution in [0.25, 0.3) is 0 Å². The van der Waals surface area contributed by atoms with Crippen LogP contribution in [0.15, 0.2) is 11.6 Å². The van der Waals surface area contributed by atoms with E-state index in [0.717, 1.165) is 11.9 Å². The highest BCUT2D eigenvalue weighted by molar-refractivity contribution is 6.75. The van der Waals surface area contributed by atoms with Gasteiger partial charge in [0.1, 0.15) is 6.29 Å². The average molecular weight is 248 g/mol. The second kappa shape index (κ2) is 7.18. The number of carbonyl (C=O) groups is 2. The SMILES string of the molecule is CC(C)=CC=O.O=C(O)C(Cl)(Cl)Cl. The first-order valence-electron chi connectivity index (χ1n) is 3.10. The van der Waals surface area contributed by atoms with Gasteiger partial charge in [-0.25, -0.2) is 4.79 Å². The van der Waals surface area contributed by atoms with Gasteiger partial charge in [0, 0.05) is 0 Å². The molecular weight excluding hydrogens is 238 g/mol. The molecule has 0 aromatic carbocycles. The summed E-state index contributed by atoms with van der Waals surface area (Å²) in [6.45, 7) is 3.77. The molecular formula is C7H9Cl3O3. The van der Waals surface area contributed by atoms with Gasteiger partial charge in [0.05, 0.1) is 0 Å². The molecule has 0 aromatic rings. The third-order valence-electron chi connectivity index (χ3n) is 0.644. The molecule has 0 unspecified atom stereocenters. The molecule has 0 aromatic heterocycles. The number of hydrogen-bond donors (Lipinski definition) is 1. The van der Waals surface area contributed by atoms with Crippen molar-refractivity contribution in [1.82, 2.24) is 0 Å². The topological polar surface area (TPSA) is 54.4 Å². The van der Waals surface area contributed by atoms with Crippen LogP contribution in [0.2, 0.25) is 0 Å². The fourth-order valence-corrected chi connectivity index (χ4v) is 0.136. The molecule has 0 heterocycles. The molecule has 13 heavy (non-hydrogen) atoms. The van der Waals surface area contributed by atoms with Crippen molar-refractivity contribution in [2.75, 3.05) is 0 Å². The molecule has 0 spiro atoms. The number of alkyl halides is 3. The first-order chi connectivity index (χ1) is 5.71. The summed E-state index contributed by atoms with van der Waals surface area (Å²) in [5.74, 6) is -1.46. The minimum Gasteiger partial charge on any atom is -0.478 e. The Bertz CT molecular complexity index is 202. The molecule has 0 amide bonds. The molecule has 76 valence electrons. The minimum atomic E-state index is -2.17. The fraction of sp³-hybridized carbons (Fsp3) is 0.429. The van der Waals surface area contributed by atoms with E-state index in [1.807, 2.05) is 13.8 Å². The van der Waals surface area contributed by atoms with Crippen molar-refractivity contribution in [1.29, 1.82) is 0 Å². The molecule has 0 aliphatic carbocycles. The summed E-state index contributed by atoms with van der Waals surface area (Å²) in [6.07, 6.45) is 2.31. The second-order valence-corrected chi connectivity index (χ2v) is 4.46. The number of carboxylic acids is 1. The molecule has 0 rings (SSSR count). The van der Waals surface area contributed by atoms with Gasteiger partial charge >= 0.3 is 5.97 Å². The van der Waals surface area contributed by atoms with E-state index < -0.39 is 9.76 Å². The van der Waals surface area contributed by atoms with Gasteiger partial charge in [0.15, 0.2) is 0 Å². The van der Waals surface area contributed by atoms with Crippen molar-refractivity contribution in [2.24, 2.45) is 0 Å². The van der Waals surface area contributed by atoms with Gasteiger partial charge < -0.3 is 5.11 Å². The number of halogens is 3. The Labute approximate surface area is 91.3 Å². The Kier molecular flexibility index (Phi) is 8.42. The van der Waals surface area contributed by atoms with Gasteiger partial charge in [-0.05, 0) is 19.9 Å². The summed E-state index contributed by atoms with van der Waals surface area (Å²) in [5, 5.41) is 7.85. The van der Waals surface area contributed by atoms with Gasteiger partial charge in [0.2, 0.25) is 0 Å². The van der Waals surface area contributed by atoms with E-state index in [1.54, 1.807) is 0 Å². The van der Waals surface area contributed by atoms with Crippen LogP contribution < -0.4 is 0 Å². The van der Waals surface area contributed by atoms with Crippen LogP contribution in [0.3, 0.4) is 0 Å². The molecule has 0 bridgehead atoms. The maximum absolute atomic E-state index is 9.62. The van der Waals surface area contributed by atoms with E-state index in [4.69, 9.17) is 39.9 Å². The number of hydrogen-bond acceptors (Lipinski definition) is 2. The normalized spacial score (nSPS) is 9.31. The summed E-state index contributed by atoms with van der Waals surface area (Å²) in [4.78, 5) is 19.2.